The minimum Gasteiger partial charge on any atom is -0.494 e. The van der Waals surface area contributed by atoms with E-state index in [4.69, 9.17) is 16.3 Å². The van der Waals surface area contributed by atoms with Gasteiger partial charge in [-0.25, -0.2) is 0 Å². The van der Waals surface area contributed by atoms with Crippen LogP contribution in [-0.4, -0.2) is 18.0 Å². The topological polar surface area (TPSA) is 51.2 Å². The third-order valence-electron chi connectivity index (χ3n) is 3.58. The Morgan fingerprint density at radius 3 is 2.70 bits per heavy atom. The summed E-state index contributed by atoms with van der Waals surface area (Å²) in [7, 11) is 1.52. The van der Waals surface area contributed by atoms with Gasteiger partial charge in [-0.1, -0.05) is 48.0 Å². The average molecular weight is 327 g/mol. The summed E-state index contributed by atoms with van der Waals surface area (Å²) in [5.74, 6) is 0.223. The van der Waals surface area contributed by atoms with Crippen LogP contribution in [0.2, 0.25) is 5.02 Å². The number of nitrogens with one attached hydrogen (secondary N) is 1. The number of pyridine rings is 1. The largest absolute Gasteiger partial charge is 0.494 e. The molecule has 23 heavy (non-hydrogen) atoms. The van der Waals surface area contributed by atoms with E-state index in [1.165, 1.54) is 7.11 Å². The Bertz CT molecular complexity index is 865. The summed E-state index contributed by atoms with van der Waals surface area (Å²) in [6.07, 6.45) is 1.56. The van der Waals surface area contributed by atoms with Crippen LogP contribution in [0.5, 0.6) is 5.75 Å². The first-order chi connectivity index (χ1) is 11.2. The zero-order chi connectivity index (χ0) is 16.2. The van der Waals surface area contributed by atoms with Gasteiger partial charge in [0.15, 0.2) is 5.75 Å². The normalized spacial score (nSPS) is 10.5. The third-order valence-corrected chi connectivity index (χ3v) is 3.95. The monoisotopic (exact) mass is 326 g/mol. The van der Waals surface area contributed by atoms with Gasteiger partial charge in [-0.05, 0) is 17.7 Å². The van der Waals surface area contributed by atoms with Gasteiger partial charge in [0.05, 0.1) is 24.4 Å². The molecule has 0 unspecified atom stereocenters. The van der Waals surface area contributed by atoms with Crippen molar-refractivity contribution in [1.82, 2.24) is 10.3 Å². The molecule has 0 aliphatic heterocycles. The van der Waals surface area contributed by atoms with Crippen LogP contribution in [0.15, 0.2) is 54.7 Å². The Balaban J connectivity index is 1.93. The molecule has 5 heteroatoms. The fourth-order valence-corrected chi connectivity index (χ4v) is 2.62. The zero-order valence-corrected chi connectivity index (χ0v) is 13.3. The molecule has 2 aromatic carbocycles. The maximum atomic E-state index is 12.7. The summed E-state index contributed by atoms with van der Waals surface area (Å²) in [4.78, 5) is 17.0. The van der Waals surface area contributed by atoms with E-state index in [1.54, 1.807) is 12.3 Å². The fourth-order valence-electron chi connectivity index (χ4n) is 2.42. The number of amides is 1. The van der Waals surface area contributed by atoms with Crippen LogP contribution >= 0.6 is 11.6 Å². The smallest absolute Gasteiger partial charge is 0.256 e. The lowest BCUT2D eigenvalue weighted by Gasteiger charge is -2.12. The number of carbonyl (C=O) groups excluding carboxylic acids is 1. The third kappa shape index (κ3) is 3.12. The van der Waals surface area contributed by atoms with E-state index in [-0.39, 0.29) is 5.91 Å². The van der Waals surface area contributed by atoms with Crippen LogP contribution in [0.3, 0.4) is 0 Å². The van der Waals surface area contributed by atoms with E-state index in [9.17, 15) is 4.79 Å². The van der Waals surface area contributed by atoms with Gasteiger partial charge in [-0.15, -0.1) is 0 Å². The van der Waals surface area contributed by atoms with Crippen molar-refractivity contribution in [2.24, 2.45) is 0 Å². The van der Waals surface area contributed by atoms with Crippen molar-refractivity contribution in [2.45, 2.75) is 6.54 Å². The predicted molar refractivity (Wildman–Crippen MR) is 90.9 cm³/mol. The number of aromatic nitrogens is 1. The Morgan fingerprint density at radius 2 is 1.91 bits per heavy atom. The van der Waals surface area contributed by atoms with Gasteiger partial charge < -0.3 is 10.1 Å². The molecule has 1 heterocycles. The summed E-state index contributed by atoms with van der Waals surface area (Å²) in [6, 6.07) is 14.9. The number of ether oxygens (including phenoxy) is 1. The van der Waals surface area contributed by atoms with E-state index in [0.717, 1.165) is 16.5 Å². The molecular weight excluding hydrogens is 312 g/mol. The number of halogens is 1. The standard InChI is InChI=1S/C18H15ClN2O2/c1-23-16-11-20-15-9-5-3-7-13(15)17(16)18(22)21-10-12-6-2-4-8-14(12)19/h2-9,11H,10H2,1H3,(H,21,22). The van der Waals surface area contributed by atoms with Crippen molar-refractivity contribution < 1.29 is 9.53 Å². The molecule has 0 fully saturated rings. The molecule has 0 spiro atoms. The highest BCUT2D eigenvalue weighted by atomic mass is 35.5. The van der Waals surface area contributed by atoms with Crippen molar-refractivity contribution in [3.05, 3.63) is 70.9 Å². The first-order valence-electron chi connectivity index (χ1n) is 7.14. The minimum absolute atomic E-state index is 0.222. The summed E-state index contributed by atoms with van der Waals surface area (Å²) in [5, 5.41) is 4.27. The maximum absolute atomic E-state index is 12.7. The van der Waals surface area contributed by atoms with Gasteiger partial charge in [0.2, 0.25) is 0 Å². The van der Waals surface area contributed by atoms with Gasteiger partial charge in [0.25, 0.3) is 5.91 Å². The van der Waals surface area contributed by atoms with Crippen molar-refractivity contribution in [3.8, 4) is 5.75 Å². The Labute approximate surface area is 139 Å². The van der Waals surface area contributed by atoms with Crippen LogP contribution in [0.25, 0.3) is 10.9 Å². The van der Waals surface area contributed by atoms with E-state index >= 15 is 0 Å². The lowest BCUT2D eigenvalue weighted by Crippen LogP contribution is -2.24. The van der Waals surface area contributed by atoms with Crippen molar-refractivity contribution in [3.63, 3.8) is 0 Å². The molecule has 0 bridgehead atoms. The number of hydrogen-bond donors (Lipinski definition) is 1. The lowest BCUT2D eigenvalue weighted by atomic mass is 10.1. The van der Waals surface area contributed by atoms with E-state index in [2.05, 4.69) is 10.3 Å². The SMILES string of the molecule is COc1cnc2ccccc2c1C(=O)NCc1ccccc1Cl. The second-order valence-corrected chi connectivity index (χ2v) is 5.40. The highest BCUT2D eigenvalue weighted by Crippen LogP contribution is 2.26. The molecule has 1 amide bonds. The lowest BCUT2D eigenvalue weighted by molar-refractivity contribution is 0.0949. The number of hydrogen-bond acceptors (Lipinski definition) is 3. The Kier molecular flexibility index (Phi) is 4.44. The predicted octanol–water partition coefficient (Wildman–Crippen LogP) is 3.83. The summed E-state index contributed by atoms with van der Waals surface area (Å²) in [6.45, 7) is 0.346. The van der Waals surface area contributed by atoms with Crippen LogP contribution in [0.1, 0.15) is 15.9 Å². The number of para-hydroxylation sites is 1. The number of methoxy groups -OCH3 is 1. The van der Waals surface area contributed by atoms with Crippen molar-refractivity contribution >= 4 is 28.4 Å². The van der Waals surface area contributed by atoms with Crippen molar-refractivity contribution in [2.75, 3.05) is 7.11 Å². The van der Waals surface area contributed by atoms with Crippen LogP contribution < -0.4 is 10.1 Å². The first-order valence-corrected chi connectivity index (χ1v) is 7.52. The number of carbonyl (C=O) groups is 1. The minimum atomic E-state index is -0.222. The van der Waals surface area contributed by atoms with Gasteiger partial charge in [0, 0.05) is 17.0 Å². The molecule has 3 rings (SSSR count). The quantitative estimate of drug-likeness (QED) is 0.792. The van der Waals surface area contributed by atoms with Gasteiger partial charge in [-0.2, -0.15) is 0 Å². The van der Waals surface area contributed by atoms with Gasteiger partial charge in [0.1, 0.15) is 0 Å². The number of fused-ring (bicyclic) bond motifs is 1. The fraction of sp³-hybridized carbons (Fsp3) is 0.111. The molecule has 4 nitrogen and oxygen atoms in total. The molecule has 0 aliphatic rings. The molecule has 3 aromatic rings. The summed E-state index contributed by atoms with van der Waals surface area (Å²) in [5.41, 5.74) is 2.08. The summed E-state index contributed by atoms with van der Waals surface area (Å²) < 4.78 is 5.30. The van der Waals surface area contributed by atoms with Gasteiger partial charge >= 0.3 is 0 Å². The average Bonchev–Trinajstić information content (AvgIpc) is 2.59. The molecule has 0 atom stereocenters. The molecule has 1 aromatic heterocycles. The summed E-state index contributed by atoms with van der Waals surface area (Å²) >= 11 is 6.12. The number of rotatable bonds is 4. The highest BCUT2D eigenvalue weighted by Gasteiger charge is 2.17. The highest BCUT2D eigenvalue weighted by molar-refractivity contribution is 6.31. The number of nitrogens with zero attached hydrogens (tertiary/aromatic N) is 1. The molecule has 0 radical (unpaired) electrons. The molecular formula is C18H15ClN2O2. The molecule has 0 saturated heterocycles. The number of benzene rings is 2. The molecule has 0 saturated carbocycles. The maximum Gasteiger partial charge on any atom is 0.256 e. The zero-order valence-electron chi connectivity index (χ0n) is 12.5. The Hall–Kier alpha value is -2.59. The van der Waals surface area contributed by atoms with E-state index < -0.39 is 0 Å². The van der Waals surface area contributed by atoms with E-state index in [1.807, 2.05) is 42.5 Å². The van der Waals surface area contributed by atoms with Gasteiger partial charge in [-0.3, -0.25) is 9.78 Å². The molecule has 1 N–H and O–H groups in total. The van der Waals surface area contributed by atoms with Crippen LogP contribution in [0.4, 0.5) is 0 Å². The Morgan fingerprint density at radius 1 is 1.17 bits per heavy atom. The van der Waals surface area contributed by atoms with Crippen molar-refractivity contribution in [1.29, 1.82) is 0 Å². The first kappa shape index (κ1) is 15.3. The molecule has 116 valence electrons. The second-order valence-electron chi connectivity index (χ2n) is 4.99. The van der Waals surface area contributed by atoms with E-state index in [0.29, 0.717) is 22.9 Å². The van der Waals surface area contributed by atoms with Crippen LogP contribution in [-0.2, 0) is 6.54 Å². The van der Waals surface area contributed by atoms with Crippen LogP contribution in [0, 0.1) is 0 Å². The molecule has 0 aliphatic carbocycles. The second kappa shape index (κ2) is 6.67.